The van der Waals surface area contributed by atoms with Gasteiger partial charge in [-0.1, -0.05) is 12.1 Å². The highest BCUT2D eigenvalue weighted by Crippen LogP contribution is 2.11. The van der Waals surface area contributed by atoms with Crippen LogP contribution in [0.25, 0.3) is 0 Å². The maximum atomic E-state index is 11.4. The predicted octanol–water partition coefficient (Wildman–Crippen LogP) is 0.938. The van der Waals surface area contributed by atoms with Crippen molar-refractivity contribution in [1.29, 1.82) is 0 Å². The molecule has 0 aromatic heterocycles. The lowest BCUT2D eigenvalue weighted by molar-refractivity contribution is -0.142. The van der Waals surface area contributed by atoms with Crippen LogP contribution in [-0.2, 0) is 16.0 Å². The molecule has 0 saturated heterocycles. The average Bonchev–Trinajstić information content (AvgIpc) is 2.26. The lowest BCUT2D eigenvalue weighted by atomic mass is 10.0. The lowest BCUT2D eigenvalue weighted by Gasteiger charge is -2.15. The fourth-order valence-corrected chi connectivity index (χ4v) is 1.68. The third kappa shape index (κ3) is 4.52. The summed E-state index contributed by atoms with van der Waals surface area (Å²) in [6, 6.07) is 6.49. The van der Waals surface area contributed by atoms with Gasteiger partial charge in [0.25, 0.3) is 0 Å². The normalized spacial score (nSPS) is 11.6. The first-order valence-corrected chi connectivity index (χ1v) is 5.39. The topological polar surface area (TPSA) is 55.4 Å². The van der Waals surface area contributed by atoms with Crippen LogP contribution in [0, 0.1) is 0 Å². The summed E-state index contributed by atoms with van der Waals surface area (Å²) in [5, 5.41) is 2.34. The van der Waals surface area contributed by atoms with Crippen molar-refractivity contribution in [2.45, 2.75) is 17.4 Å². The molecule has 1 aromatic carbocycles. The molecule has 1 N–H and O–H groups in total. The highest BCUT2D eigenvalue weighted by Gasteiger charge is 2.20. The second kappa shape index (κ2) is 6.34. The Morgan fingerprint density at radius 1 is 1.53 bits per heavy atom. The van der Waals surface area contributed by atoms with Gasteiger partial charge in [0.05, 0.1) is 7.11 Å². The highest BCUT2D eigenvalue weighted by molar-refractivity contribution is 7.80. The number of methoxy groups -OCH3 is 1. The molecule has 0 aliphatic carbocycles. The van der Waals surface area contributed by atoms with Gasteiger partial charge >= 0.3 is 5.97 Å². The molecule has 0 aliphatic heterocycles. The summed E-state index contributed by atoms with van der Waals surface area (Å²) in [5.74, 6) is -1.30. The maximum Gasteiger partial charge on any atom is 0.328 e. The first kappa shape index (κ1) is 13.6. The Bertz CT molecular complexity index is 425. The number of rotatable bonds is 4. The van der Waals surface area contributed by atoms with Gasteiger partial charge in [-0.3, -0.25) is 4.79 Å². The molecule has 0 heterocycles. The first-order chi connectivity index (χ1) is 8.02. The number of hydrogen-bond donors (Lipinski definition) is 2. The summed E-state index contributed by atoms with van der Waals surface area (Å²) in [6.45, 7) is 0. The van der Waals surface area contributed by atoms with Gasteiger partial charge in [-0.05, 0) is 17.7 Å². The number of nitrogens with one attached hydrogen (secondary N) is 1. The van der Waals surface area contributed by atoms with Crippen molar-refractivity contribution in [3.05, 3.63) is 29.8 Å². The van der Waals surface area contributed by atoms with Crippen molar-refractivity contribution < 1.29 is 14.3 Å². The molecule has 0 bridgehead atoms. The Morgan fingerprint density at radius 3 is 2.76 bits per heavy atom. The Labute approximate surface area is 107 Å². The highest BCUT2D eigenvalue weighted by atomic mass is 32.1. The summed E-state index contributed by atoms with van der Waals surface area (Å²) in [7, 11) is 6.25. The molecule has 0 saturated carbocycles. The van der Waals surface area contributed by atoms with Gasteiger partial charge in [0.2, 0.25) is 7.85 Å². The van der Waals surface area contributed by atoms with E-state index in [4.69, 9.17) is 7.85 Å². The molecule has 1 unspecified atom stereocenters. The van der Waals surface area contributed by atoms with Gasteiger partial charge < -0.3 is 10.1 Å². The molecule has 1 atom stereocenters. The summed E-state index contributed by atoms with van der Waals surface area (Å²) in [5.41, 5.74) is 0.863. The van der Waals surface area contributed by atoms with E-state index in [2.05, 4.69) is 22.7 Å². The first-order valence-electron chi connectivity index (χ1n) is 4.94. The Hall–Kier alpha value is -1.43. The van der Waals surface area contributed by atoms with Gasteiger partial charge in [0.1, 0.15) is 6.04 Å². The number of ether oxygens (including phenoxy) is 1. The largest absolute Gasteiger partial charge is 0.467 e. The minimum absolute atomic E-state index is 0.310. The second-order valence-corrected chi connectivity index (χ2v) is 3.97. The molecular weight excluding hydrogens is 237 g/mol. The van der Waals surface area contributed by atoms with Gasteiger partial charge in [0, 0.05) is 11.3 Å². The summed E-state index contributed by atoms with van der Waals surface area (Å²) >= 11 is 4.19. The van der Waals surface area contributed by atoms with Crippen molar-refractivity contribution in [3.8, 4) is 0 Å². The molecule has 6 heteroatoms. The van der Waals surface area contributed by atoms with Crippen LogP contribution < -0.4 is 5.32 Å². The van der Waals surface area contributed by atoms with Crippen LogP contribution in [0.4, 0.5) is 4.79 Å². The van der Waals surface area contributed by atoms with Crippen LogP contribution in [-0.4, -0.2) is 32.8 Å². The van der Waals surface area contributed by atoms with Gasteiger partial charge in [-0.25, -0.2) is 4.79 Å². The van der Waals surface area contributed by atoms with Crippen LogP contribution >= 0.6 is 12.6 Å². The Balaban J connectivity index is 2.78. The Kier molecular flexibility index (Phi) is 5.09. The zero-order valence-corrected chi connectivity index (χ0v) is 10.2. The lowest BCUT2D eigenvalue weighted by Crippen LogP contribution is -2.42. The van der Waals surface area contributed by atoms with E-state index in [1.54, 1.807) is 0 Å². The van der Waals surface area contributed by atoms with E-state index in [1.807, 2.05) is 24.3 Å². The molecule has 0 fully saturated rings. The fraction of sp³-hybridized carbons (Fsp3) is 0.273. The average molecular weight is 249 g/mol. The molecule has 2 radical (unpaired) electrons. The van der Waals surface area contributed by atoms with Crippen molar-refractivity contribution >= 4 is 32.3 Å². The molecule has 88 valence electrons. The van der Waals surface area contributed by atoms with Gasteiger partial charge in [-0.15, -0.1) is 12.6 Å². The molecular formula is C11H12BNO3S. The van der Waals surface area contributed by atoms with Crippen molar-refractivity contribution in [1.82, 2.24) is 5.32 Å². The molecule has 4 nitrogen and oxygen atoms in total. The van der Waals surface area contributed by atoms with E-state index in [0.29, 0.717) is 6.42 Å². The van der Waals surface area contributed by atoms with E-state index in [-0.39, 0.29) is 0 Å². The smallest absolute Gasteiger partial charge is 0.328 e. The Morgan fingerprint density at radius 2 is 2.24 bits per heavy atom. The van der Waals surface area contributed by atoms with Gasteiger partial charge in [-0.2, -0.15) is 0 Å². The number of thiol groups is 1. The molecule has 17 heavy (non-hydrogen) atoms. The number of esters is 1. The van der Waals surface area contributed by atoms with Crippen LogP contribution in [0.2, 0.25) is 0 Å². The molecule has 0 spiro atoms. The SMILES string of the molecule is [B]C(=O)NC(Cc1cccc(S)c1)C(=O)OC. The monoisotopic (exact) mass is 249 g/mol. The number of amides is 1. The standard InChI is InChI=1S/C11H12BNO3S/c1-16-10(14)9(13-11(12)15)6-7-3-2-4-8(17)5-7/h2-5,9,17H,6H2,1H3,(H,13,15). The number of carbonyl (C=O) groups is 2. The van der Waals surface area contributed by atoms with E-state index in [1.165, 1.54) is 7.11 Å². The predicted molar refractivity (Wildman–Crippen MR) is 67.5 cm³/mol. The summed E-state index contributed by atoms with van der Waals surface area (Å²) in [4.78, 5) is 23.0. The zero-order chi connectivity index (χ0) is 12.8. The minimum atomic E-state index is -0.785. The molecule has 1 amide bonds. The van der Waals surface area contributed by atoms with Crippen LogP contribution in [0.1, 0.15) is 5.56 Å². The summed E-state index contributed by atoms with van der Waals surface area (Å²) in [6.07, 6.45) is 0.310. The number of hydrogen-bond acceptors (Lipinski definition) is 4. The second-order valence-electron chi connectivity index (χ2n) is 3.46. The zero-order valence-electron chi connectivity index (χ0n) is 9.34. The van der Waals surface area contributed by atoms with E-state index in [0.717, 1.165) is 10.5 Å². The van der Waals surface area contributed by atoms with Crippen molar-refractivity contribution in [2.24, 2.45) is 0 Å². The van der Waals surface area contributed by atoms with E-state index < -0.39 is 17.8 Å². The van der Waals surface area contributed by atoms with E-state index in [9.17, 15) is 9.59 Å². The minimum Gasteiger partial charge on any atom is -0.467 e. The quantitative estimate of drug-likeness (QED) is 0.474. The number of carbonyl (C=O) groups excluding carboxylic acids is 2. The van der Waals surface area contributed by atoms with Crippen LogP contribution in [0.3, 0.4) is 0 Å². The van der Waals surface area contributed by atoms with E-state index >= 15 is 0 Å². The van der Waals surface area contributed by atoms with Crippen molar-refractivity contribution in [2.75, 3.05) is 7.11 Å². The van der Waals surface area contributed by atoms with Crippen molar-refractivity contribution in [3.63, 3.8) is 0 Å². The third-order valence-electron chi connectivity index (χ3n) is 2.15. The third-order valence-corrected chi connectivity index (χ3v) is 2.43. The summed E-state index contributed by atoms with van der Waals surface area (Å²) < 4.78 is 4.59. The van der Waals surface area contributed by atoms with Crippen LogP contribution in [0.5, 0.6) is 0 Å². The van der Waals surface area contributed by atoms with Gasteiger partial charge in [0.15, 0.2) is 5.81 Å². The number of benzene rings is 1. The molecule has 0 aliphatic rings. The fourth-order valence-electron chi connectivity index (χ4n) is 1.43. The molecule has 1 rings (SSSR count). The maximum absolute atomic E-state index is 11.4. The van der Waals surface area contributed by atoms with Crippen LogP contribution in [0.15, 0.2) is 29.2 Å². The molecule has 1 aromatic rings.